The first-order chi connectivity index (χ1) is 11.2. The Morgan fingerprint density at radius 2 is 1.91 bits per heavy atom. The number of likely N-dealkylation sites (tertiary alicyclic amines) is 2. The molecule has 0 saturated carbocycles. The van der Waals surface area contributed by atoms with E-state index in [-0.39, 0.29) is 11.8 Å². The Hall–Kier alpha value is -2.44. The molecule has 1 aromatic carbocycles. The number of H-pyrrole nitrogens is 1. The molecular weight excluding hydrogens is 294 g/mol. The molecule has 7 nitrogen and oxygen atoms in total. The number of fused-ring (bicyclic) bond motifs is 1. The van der Waals surface area contributed by atoms with Crippen LogP contribution in [0, 0.1) is 0 Å². The lowest BCUT2D eigenvalue weighted by Crippen LogP contribution is -2.47. The average Bonchev–Trinajstić information content (AvgIpc) is 3.22. The van der Waals surface area contributed by atoms with Gasteiger partial charge in [0.25, 0.3) is 5.91 Å². The molecule has 23 heavy (non-hydrogen) atoms. The third-order valence-corrected chi connectivity index (χ3v) is 4.87. The Labute approximate surface area is 133 Å². The van der Waals surface area contributed by atoms with Crippen molar-refractivity contribution < 1.29 is 9.59 Å². The van der Waals surface area contributed by atoms with E-state index in [9.17, 15) is 9.59 Å². The summed E-state index contributed by atoms with van der Waals surface area (Å²) in [6, 6.07) is 5.68. The van der Waals surface area contributed by atoms with Crippen molar-refractivity contribution in [2.24, 2.45) is 0 Å². The van der Waals surface area contributed by atoms with Gasteiger partial charge in [0.1, 0.15) is 11.0 Å². The van der Waals surface area contributed by atoms with Crippen molar-refractivity contribution in [1.82, 2.24) is 25.2 Å². The number of rotatable bonds is 2. The van der Waals surface area contributed by atoms with Crippen LogP contribution >= 0.6 is 0 Å². The van der Waals surface area contributed by atoms with E-state index >= 15 is 0 Å². The number of carbonyl (C=O) groups is 2. The smallest absolute Gasteiger partial charge is 0.253 e. The van der Waals surface area contributed by atoms with Crippen molar-refractivity contribution in [1.29, 1.82) is 0 Å². The van der Waals surface area contributed by atoms with E-state index in [0.717, 1.165) is 31.3 Å². The Balaban J connectivity index is 1.43. The summed E-state index contributed by atoms with van der Waals surface area (Å²) in [4.78, 5) is 28.4. The molecule has 2 saturated heterocycles. The Morgan fingerprint density at radius 1 is 1.13 bits per heavy atom. The fraction of sp³-hybridized carbons (Fsp3) is 0.500. The zero-order valence-corrected chi connectivity index (χ0v) is 12.9. The number of hydrogen-bond donors (Lipinski definition) is 1. The highest BCUT2D eigenvalue weighted by molar-refractivity contribution is 5.97. The predicted octanol–water partition coefficient (Wildman–Crippen LogP) is 1.18. The number of piperidine rings is 1. The predicted molar refractivity (Wildman–Crippen MR) is 83.8 cm³/mol. The second-order valence-electron chi connectivity index (χ2n) is 6.24. The molecule has 0 radical (unpaired) electrons. The third kappa shape index (κ3) is 2.56. The van der Waals surface area contributed by atoms with Gasteiger partial charge in [0.05, 0.1) is 0 Å². The number of aromatic amines is 1. The van der Waals surface area contributed by atoms with Crippen LogP contribution in [0.3, 0.4) is 0 Å². The van der Waals surface area contributed by atoms with E-state index < -0.39 is 0 Å². The lowest BCUT2D eigenvalue weighted by Gasteiger charge is -2.36. The SMILES string of the molecule is O=C(c1ccc2n[nH]nc2c1)N1CCC(N2CCCC2=O)CC1. The van der Waals surface area contributed by atoms with Gasteiger partial charge in [0, 0.05) is 37.7 Å². The van der Waals surface area contributed by atoms with Crippen molar-refractivity contribution in [2.75, 3.05) is 19.6 Å². The van der Waals surface area contributed by atoms with Gasteiger partial charge in [0.15, 0.2) is 0 Å². The van der Waals surface area contributed by atoms with Gasteiger partial charge in [0.2, 0.25) is 5.91 Å². The van der Waals surface area contributed by atoms with Crippen molar-refractivity contribution in [2.45, 2.75) is 31.7 Å². The largest absolute Gasteiger partial charge is 0.340 e. The Bertz CT molecular complexity index is 748. The molecular formula is C16H19N5O2. The summed E-state index contributed by atoms with van der Waals surface area (Å²) in [7, 11) is 0. The third-order valence-electron chi connectivity index (χ3n) is 4.87. The normalized spacial score (nSPS) is 19.7. The number of benzene rings is 1. The van der Waals surface area contributed by atoms with Gasteiger partial charge < -0.3 is 9.80 Å². The molecule has 0 spiro atoms. The number of carbonyl (C=O) groups excluding carboxylic acids is 2. The summed E-state index contributed by atoms with van der Waals surface area (Å²) in [6.45, 7) is 2.27. The average molecular weight is 313 g/mol. The number of aromatic nitrogens is 3. The van der Waals surface area contributed by atoms with Gasteiger partial charge in [-0.2, -0.15) is 15.4 Å². The van der Waals surface area contributed by atoms with E-state index in [1.807, 2.05) is 15.9 Å². The highest BCUT2D eigenvalue weighted by atomic mass is 16.2. The number of hydrogen-bond acceptors (Lipinski definition) is 4. The fourth-order valence-electron chi connectivity index (χ4n) is 3.59. The molecule has 0 unspecified atom stereocenters. The van der Waals surface area contributed by atoms with Crippen LogP contribution in [0.5, 0.6) is 0 Å². The second-order valence-corrected chi connectivity index (χ2v) is 6.24. The molecule has 1 aromatic heterocycles. The van der Waals surface area contributed by atoms with E-state index in [1.165, 1.54) is 0 Å². The molecule has 2 aliphatic rings. The molecule has 0 bridgehead atoms. The molecule has 7 heteroatoms. The van der Waals surface area contributed by atoms with Crippen LogP contribution in [0.25, 0.3) is 11.0 Å². The van der Waals surface area contributed by atoms with Crippen LogP contribution in [-0.2, 0) is 4.79 Å². The van der Waals surface area contributed by atoms with Crippen LogP contribution in [0.4, 0.5) is 0 Å². The summed E-state index contributed by atoms with van der Waals surface area (Å²) in [5.74, 6) is 0.298. The highest BCUT2D eigenvalue weighted by Gasteiger charge is 2.32. The van der Waals surface area contributed by atoms with Crippen molar-refractivity contribution in [3.8, 4) is 0 Å². The lowest BCUT2D eigenvalue weighted by atomic mass is 10.0. The number of nitrogens with one attached hydrogen (secondary N) is 1. The van der Waals surface area contributed by atoms with Crippen LogP contribution in [0.2, 0.25) is 0 Å². The summed E-state index contributed by atoms with van der Waals surface area (Å²) in [5.41, 5.74) is 2.10. The van der Waals surface area contributed by atoms with Crippen molar-refractivity contribution in [3.05, 3.63) is 23.8 Å². The molecule has 0 atom stereocenters. The van der Waals surface area contributed by atoms with Gasteiger partial charge in [-0.25, -0.2) is 0 Å². The molecule has 2 aliphatic heterocycles. The molecule has 2 amide bonds. The highest BCUT2D eigenvalue weighted by Crippen LogP contribution is 2.23. The Morgan fingerprint density at radius 3 is 2.65 bits per heavy atom. The van der Waals surface area contributed by atoms with Gasteiger partial charge in [-0.3, -0.25) is 9.59 Å². The standard InChI is InChI=1S/C16H19N5O2/c22-15-2-1-7-21(15)12-5-8-20(9-6-12)16(23)11-3-4-13-14(10-11)18-19-17-13/h3-4,10,12H,1-2,5-9H2,(H,17,18,19). The maximum absolute atomic E-state index is 12.6. The van der Waals surface area contributed by atoms with E-state index in [4.69, 9.17) is 0 Å². The van der Waals surface area contributed by atoms with Gasteiger partial charge in [-0.1, -0.05) is 0 Å². The van der Waals surface area contributed by atoms with E-state index in [2.05, 4.69) is 15.4 Å². The first-order valence-electron chi connectivity index (χ1n) is 8.11. The summed E-state index contributed by atoms with van der Waals surface area (Å²) < 4.78 is 0. The van der Waals surface area contributed by atoms with Crippen molar-refractivity contribution >= 4 is 22.8 Å². The van der Waals surface area contributed by atoms with Gasteiger partial charge in [-0.05, 0) is 37.5 Å². The molecule has 1 N–H and O–H groups in total. The minimum atomic E-state index is 0.0288. The van der Waals surface area contributed by atoms with Crippen LogP contribution in [-0.4, -0.2) is 62.7 Å². The number of amides is 2. The summed E-state index contributed by atoms with van der Waals surface area (Å²) in [6.07, 6.45) is 3.37. The maximum Gasteiger partial charge on any atom is 0.253 e. The summed E-state index contributed by atoms with van der Waals surface area (Å²) in [5, 5.41) is 10.6. The monoisotopic (exact) mass is 313 g/mol. The zero-order chi connectivity index (χ0) is 15.8. The van der Waals surface area contributed by atoms with E-state index in [1.54, 1.807) is 12.1 Å². The zero-order valence-electron chi connectivity index (χ0n) is 12.9. The first kappa shape index (κ1) is 14.2. The molecule has 2 aromatic rings. The topological polar surface area (TPSA) is 82.2 Å². The first-order valence-corrected chi connectivity index (χ1v) is 8.11. The lowest BCUT2D eigenvalue weighted by molar-refractivity contribution is -0.130. The quantitative estimate of drug-likeness (QED) is 0.902. The minimum absolute atomic E-state index is 0.0288. The molecule has 3 heterocycles. The Kier molecular flexibility index (Phi) is 3.48. The molecule has 0 aliphatic carbocycles. The van der Waals surface area contributed by atoms with Crippen LogP contribution in [0.15, 0.2) is 18.2 Å². The number of nitrogens with zero attached hydrogens (tertiary/aromatic N) is 4. The second kappa shape index (κ2) is 5.64. The maximum atomic E-state index is 12.6. The molecule has 4 rings (SSSR count). The van der Waals surface area contributed by atoms with Gasteiger partial charge >= 0.3 is 0 Å². The van der Waals surface area contributed by atoms with Crippen molar-refractivity contribution in [3.63, 3.8) is 0 Å². The van der Waals surface area contributed by atoms with Crippen LogP contribution < -0.4 is 0 Å². The van der Waals surface area contributed by atoms with Crippen LogP contribution in [0.1, 0.15) is 36.0 Å². The molecule has 2 fully saturated rings. The molecule has 120 valence electrons. The van der Waals surface area contributed by atoms with E-state index in [0.29, 0.717) is 36.6 Å². The minimum Gasteiger partial charge on any atom is -0.340 e. The van der Waals surface area contributed by atoms with Gasteiger partial charge in [-0.15, -0.1) is 0 Å². The summed E-state index contributed by atoms with van der Waals surface area (Å²) >= 11 is 0. The fourth-order valence-corrected chi connectivity index (χ4v) is 3.59.